The van der Waals surface area contributed by atoms with E-state index in [1.54, 1.807) is 11.9 Å². The molecule has 1 aliphatic carbocycles. The Balaban J connectivity index is 1.81. The maximum Gasteiger partial charge on any atom is 0.268 e. The topological polar surface area (TPSA) is 92.1 Å². The number of aromatic amines is 1. The average Bonchev–Trinajstić information content (AvgIpc) is 3.07. The van der Waals surface area contributed by atoms with Gasteiger partial charge in [0.15, 0.2) is 0 Å². The monoisotopic (exact) mass is 306 g/mol. The number of H-pyrrole nitrogens is 1. The first-order valence-corrected chi connectivity index (χ1v) is 7.88. The summed E-state index contributed by atoms with van der Waals surface area (Å²) >= 11 is 1.36. The number of fused-ring (bicyclic) bond motifs is 1. The van der Waals surface area contributed by atoms with Crippen LogP contribution in [-0.2, 0) is 11.3 Å². The quantitative estimate of drug-likeness (QED) is 0.891. The minimum Gasteiger partial charge on any atom is -0.337 e. The molecule has 1 fully saturated rings. The van der Waals surface area contributed by atoms with Crippen molar-refractivity contribution in [2.24, 2.45) is 5.73 Å². The van der Waals surface area contributed by atoms with Gasteiger partial charge >= 0.3 is 0 Å². The van der Waals surface area contributed by atoms with Crippen molar-refractivity contribution < 1.29 is 4.79 Å². The summed E-state index contributed by atoms with van der Waals surface area (Å²) in [7, 11) is 1.70. The van der Waals surface area contributed by atoms with Crippen molar-refractivity contribution in [1.82, 2.24) is 14.9 Å². The maximum absolute atomic E-state index is 12.5. The molecule has 112 valence electrons. The lowest BCUT2D eigenvalue weighted by Gasteiger charge is -2.28. The second-order valence-corrected chi connectivity index (χ2v) is 6.59. The van der Waals surface area contributed by atoms with Gasteiger partial charge in [0.25, 0.3) is 5.56 Å². The van der Waals surface area contributed by atoms with E-state index >= 15 is 0 Å². The van der Waals surface area contributed by atoms with E-state index in [2.05, 4.69) is 9.97 Å². The Hall–Kier alpha value is -1.73. The summed E-state index contributed by atoms with van der Waals surface area (Å²) in [6, 6.07) is 1.81. The van der Waals surface area contributed by atoms with Crippen molar-refractivity contribution in [3.63, 3.8) is 0 Å². The zero-order valence-corrected chi connectivity index (χ0v) is 12.7. The second kappa shape index (κ2) is 5.23. The number of hydrogen-bond acceptors (Lipinski definition) is 5. The van der Waals surface area contributed by atoms with Gasteiger partial charge in [-0.25, -0.2) is 4.98 Å². The van der Waals surface area contributed by atoms with Crippen LogP contribution in [0.3, 0.4) is 0 Å². The van der Waals surface area contributed by atoms with E-state index in [0.717, 1.165) is 25.7 Å². The molecular formula is C14H18N4O2S. The predicted octanol–water partition coefficient (Wildman–Crippen LogP) is 1.21. The van der Waals surface area contributed by atoms with Crippen LogP contribution in [0.2, 0.25) is 0 Å². The first kappa shape index (κ1) is 14.2. The molecule has 0 atom stereocenters. The van der Waals surface area contributed by atoms with Crippen molar-refractivity contribution >= 4 is 27.5 Å². The average molecular weight is 306 g/mol. The van der Waals surface area contributed by atoms with Gasteiger partial charge < -0.3 is 15.6 Å². The number of rotatable bonds is 3. The third kappa shape index (κ3) is 2.58. The molecule has 1 aliphatic rings. The largest absolute Gasteiger partial charge is 0.337 e. The van der Waals surface area contributed by atoms with E-state index in [9.17, 15) is 9.59 Å². The molecule has 0 aliphatic heterocycles. The van der Waals surface area contributed by atoms with Crippen molar-refractivity contribution in [2.75, 3.05) is 7.05 Å². The Kier molecular flexibility index (Phi) is 3.54. The lowest BCUT2D eigenvalue weighted by Crippen LogP contribution is -2.52. The number of likely N-dealkylation sites (N-methyl/N-ethyl adjacent to an activating group) is 1. The van der Waals surface area contributed by atoms with Crippen LogP contribution < -0.4 is 11.3 Å². The van der Waals surface area contributed by atoms with Gasteiger partial charge in [0.05, 0.1) is 17.6 Å². The Morgan fingerprint density at radius 3 is 2.95 bits per heavy atom. The molecule has 7 heteroatoms. The molecule has 0 unspecified atom stereocenters. The molecule has 0 aromatic carbocycles. The number of nitrogens with one attached hydrogen (secondary N) is 1. The molecule has 1 amide bonds. The fraction of sp³-hybridized carbons (Fsp3) is 0.500. The Morgan fingerprint density at radius 2 is 2.24 bits per heavy atom. The summed E-state index contributed by atoms with van der Waals surface area (Å²) < 4.78 is 0.610. The highest BCUT2D eigenvalue weighted by Crippen LogP contribution is 2.29. The van der Waals surface area contributed by atoms with Crippen molar-refractivity contribution in [3.05, 3.63) is 27.6 Å². The molecule has 0 spiro atoms. The fourth-order valence-corrected chi connectivity index (χ4v) is 3.62. The molecule has 0 saturated heterocycles. The number of carbonyl (C=O) groups is 1. The van der Waals surface area contributed by atoms with Crippen LogP contribution in [0.15, 0.2) is 16.2 Å². The fourth-order valence-electron chi connectivity index (χ4n) is 2.89. The number of hydrogen-bond donors (Lipinski definition) is 2. The minimum atomic E-state index is -0.748. The van der Waals surface area contributed by atoms with Gasteiger partial charge in [-0.3, -0.25) is 9.59 Å². The Labute approximate surface area is 126 Å². The summed E-state index contributed by atoms with van der Waals surface area (Å²) in [6.07, 6.45) is 3.44. The highest BCUT2D eigenvalue weighted by Gasteiger charge is 2.38. The normalized spacial score (nSPS) is 17.2. The highest BCUT2D eigenvalue weighted by molar-refractivity contribution is 7.17. The Morgan fingerprint density at radius 1 is 1.52 bits per heavy atom. The maximum atomic E-state index is 12.5. The van der Waals surface area contributed by atoms with Gasteiger partial charge in [0.2, 0.25) is 5.91 Å². The first-order chi connectivity index (χ1) is 9.99. The molecule has 21 heavy (non-hydrogen) atoms. The van der Waals surface area contributed by atoms with Crippen LogP contribution >= 0.6 is 11.3 Å². The molecular weight excluding hydrogens is 288 g/mol. The van der Waals surface area contributed by atoms with E-state index in [0.29, 0.717) is 16.0 Å². The summed E-state index contributed by atoms with van der Waals surface area (Å²) in [6.45, 7) is 0.263. The molecule has 1 saturated carbocycles. The highest BCUT2D eigenvalue weighted by atomic mass is 32.1. The number of thiophene rings is 1. The number of amides is 1. The predicted molar refractivity (Wildman–Crippen MR) is 82.1 cm³/mol. The molecule has 0 bridgehead atoms. The van der Waals surface area contributed by atoms with Gasteiger partial charge in [0.1, 0.15) is 10.5 Å². The van der Waals surface area contributed by atoms with E-state index in [-0.39, 0.29) is 18.0 Å². The minimum absolute atomic E-state index is 0.0759. The molecule has 2 aromatic heterocycles. The first-order valence-electron chi connectivity index (χ1n) is 7.00. The third-order valence-electron chi connectivity index (χ3n) is 4.02. The number of nitrogens with two attached hydrogens (primary N) is 1. The Bertz CT molecular complexity index is 730. The number of nitrogens with zero attached hydrogens (tertiary/aromatic N) is 2. The second-order valence-electron chi connectivity index (χ2n) is 5.67. The molecule has 2 heterocycles. The summed E-state index contributed by atoms with van der Waals surface area (Å²) in [5, 5.41) is 1.83. The van der Waals surface area contributed by atoms with Gasteiger partial charge in [-0.1, -0.05) is 12.8 Å². The van der Waals surface area contributed by atoms with Crippen LogP contribution in [0.1, 0.15) is 31.5 Å². The summed E-state index contributed by atoms with van der Waals surface area (Å²) in [4.78, 5) is 33.1. The molecule has 3 N–H and O–H groups in total. The van der Waals surface area contributed by atoms with E-state index in [1.165, 1.54) is 11.3 Å². The smallest absolute Gasteiger partial charge is 0.268 e. The van der Waals surface area contributed by atoms with E-state index in [1.807, 2.05) is 11.4 Å². The van der Waals surface area contributed by atoms with Crippen LogP contribution in [0.4, 0.5) is 0 Å². The van der Waals surface area contributed by atoms with Gasteiger partial charge in [-0.2, -0.15) is 0 Å². The van der Waals surface area contributed by atoms with Gasteiger partial charge in [-0.15, -0.1) is 11.3 Å². The van der Waals surface area contributed by atoms with Crippen LogP contribution in [-0.4, -0.2) is 33.4 Å². The van der Waals surface area contributed by atoms with Crippen molar-refractivity contribution in [3.8, 4) is 0 Å². The zero-order valence-electron chi connectivity index (χ0n) is 11.9. The SMILES string of the molecule is CN(Cc1nc2ccsc2c(=O)[nH]1)C(=O)C1(N)CCCC1. The third-order valence-corrected chi connectivity index (χ3v) is 4.92. The molecule has 2 aromatic rings. The van der Waals surface area contributed by atoms with Crippen LogP contribution in [0.5, 0.6) is 0 Å². The van der Waals surface area contributed by atoms with Gasteiger partial charge in [0, 0.05) is 7.05 Å². The van der Waals surface area contributed by atoms with E-state index < -0.39 is 5.54 Å². The lowest BCUT2D eigenvalue weighted by atomic mass is 9.97. The van der Waals surface area contributed by atoms with E-state index in [4.69, 9.17) is 5.73 Å². The number of carbonyl (C=O) groups excluding carboxylic acids is 1. The van der Waals surface area contributed by atoms with Crippen LogP contribution in [0.25, 0.3) is 10.2 Å². The summed E-state index contributed by atoms with van der Waals surface area (Å²) in [5.74, 6) is 0.413. The van der Waals surface area contributed by atoms with Gasteiger partial charge in [-0.05, 0) is 24.3 Å². The lowest BCUT2D eigenvalue weighted by molar-refractivity contribution is -0.136. The number of aromatic nitrogens is 2. The zero-order chi connectivity index (χ0) is 15.0. The standard InChI is InChI=1S/C14H18N4O2S/c1-18(13(20)14(15)5-2-3-6-14)8-10-16-9-4-7-21-11(9)12(19)17-10/h4,7H,2-3,5-6,8,15H2,1H3,(H,16,17,19). The molecule has 0 radical (unpaired) electrons. The van der Waals surface area contributed by atoms with Crippen LogP contribution in [0, 0.1) is 0 Å². The summed E-state index contributed by atoms with van der Waals surface area (Å²) in [5.41, 5.74) is 5.94. The van der Waals surface area contributed by atoms with Crippen molar-refractivity contribution in [1.29, 1.82) is 0 Å². The molecule has 3 rings (SSSR count). The molecule has 6 nitrogen and oxygen atoms in total. The van der Waals surface area contributed by atoms with Crippen molar-refractivity contribution in [2.45, 2.75) is 37.8 Å².